The summed E-state index contributed by atoms with van der Waals surface area (Å²) in [5, 5.41) is 11.9. The van der Waals surface area contributed by atoms with Crippen LogP contribution in [-0.2, 0) is 20.6 Å². The fraction of sp³-hybridized carbons (Fsp3) is 0.267. The van der Waals surface area contributed by atoms with Crippen LogP contribution in [0.15, 0.2) is 34.1 Å². The topological polar surface area (TPSA) is 96.8 Å². The monoisotopic (exact) mass is 394 g/mol. The smallest absolute Gasteiger partial charge is 0.363 e. The number of aryl methyl sites for hydroxylation is 2. The van der Waals surface area contributed by atoms with E-state index in [1.807, 2.05) is 6.26 Å². The third-order valence-electron chi connectivity index (χ3n) is 3.69. The normalized spacial score (nSPS) is 10.9. The lowest BCUT2D eigenvalue weighted by Crippen LogP contribution is -2.24. The molecule has 0 aliphatic carbocycles. The van der Waals surface area contributed by atoms with Crippen molar-refractivity contribution in [2.24, 2.45) is 14.1 Å². The fourth-order valence-corrected chi connectivity index (χ4v) is 3.42. The molecule has 3 aromatic rings. The van der Waals surface area contributed by atoms with E-state index in [1.54, 1.807) is 25.2 Å². The average molecular weight is 395 g/mol. The number of benzene rings is 1. The maximum Gasteiger partial charge on any atom is 0.363 e. The van der Waals surface area contributed by atoms with Gasteiger partial charge in [-0.3, -0.25) is 0 Å². The first-order valence-corrected chi connectivity index (χ1v) is 9.05. The molecule has 0 fully saturated rings. The fourth-order valence-electron chi connectivity index (χ4n) is 2.36. The van der Waals surface area contributed by atoms with Gasteiger partial charge in [0.1, 0.15) is 0 Å². The van der Waals surface area contributed by atoms with Crippen LogP contribution in [0.25, 0.3) is 0 Å². The summed E-state index contributed by atoms with van der Waals surface area (Å²) < 4.78 is 9.14. The highest BCUT2D eigenvalue weighted by atomic mass is 35.5. The third-order valence-corrected chi connectivity index (χ3v) is 4.92. The van der Waals surface area contributed by atoms with Gasteiger partial charge in [0.15, 0.2) is 0 Å². The Kier molecular flexibility index (Phi) is 5.14. The molecular weight excluding hydrogens is 380 g/mol. The van der Waals surface area contributed by atoms with Gasteiger partial charge in [-0.25, -0.2) is 14.3 Å². The number of carbonyl (C=O) groups excluding carboxylic acids is 1. The highest BCUT2D eigenvalue weighted by Crippen LogP contribution is 2.32. The van der Waals surface area contributed by atoms with Crippen molar-refractivity contribution in [3.05, 3.63) is 51.0 Å². The van der Waals surface area contributed by atoms with Crippen molar-refractivity contribution in [3.63, 3.8) is 0 Å². The number of nitrogens with zero attached hydrogens (tertiary/aromatic N) is 6. The summed E-state index contributed by atoms with van der Waals surface area (Å²) >= 11 is 7.65. The summed E-state index contributed by atoms with van der Waals surface area (Å²) in [6.45, 7) is 0.0918. The van der Waals surface area contributed by atoms with Gasteiger partial charge < -0.3 is 4.74 Å². The van der Waals surface area contributed by atoms with Crippen LogP contribution in [0.4, 0.5) is 0 Å². The van der Waals surface area contributed by atoms with Gasteiger partial charge in [0.2, 0.25) is 5.88 Å². The van der Waals surface area contributed by atoms with Crippen molar-refractivity contribution in [1.29, 1.82) is 0 Å². The van der Waals surface area contributed by atoms with Crippen molar-refractivity contribution in [2.75, 3.05) is 6.26 Å². The van der Waals surface area contributed by atoms with Gasteiger partial charge in [-0.2, -0.15) is 14.5 Å². The minimum absolute atomic E-state index is 0.0918. The number of thioether (sulfide) groups is 1. The molecule has 2 aromatic heterocycles. The Morgan fingerprint density at radius 3 is 2.58 bits per heavy atom. The molecule has 11 heteroatoms. The van der Waals surface area contributed by atoms with Gasteiger partial charge in [0, 0.05) is 35.6 Å². The van der Waals surface area contributed by atoms with Crippen LogP contribution in [0.5, 0.6) is 5.88 Å². The van der Waals surface area contributed by atoms with E-state index >= 15 is 0 Å². The van der Waals surface area contributed by atoms with Gasteiger partial charge in [0.25, 0.3) is 0 Å². The van der Waals surface area contributed by atoms with Gasteiger partial charge in [0.05, 0.1) is 18.3 Å². The Bertz CT molecular complexity index is 1020. The molecule has 0 saturated carbocycles. The first-order chi connectivity index (χ1) is 12.4. The lowest BCUT2D eigenvalue weighted by Gasteiger charge is -2.13. The number of halogens is 1. The number of tetrazole rings is 1. The van der Waals surface area contributed by atoms with Crippen LogP contribution >= 0.6 is 23.4 Å². The predicted octanol–water partition coefficient (Wildman–Crippen LogP) is 1.35. The standard InChI is InChI=1S/C15H15ClN6O3S/c1-20-12(6-7-17-20)25-14(23)9-4-5-11(16)10(13(9)26-3)8-22-15(24)21(2)18-19-22/h4-7H,8H2,1-3H3. The molecule has 0 saturated heterocycles. The number of ether oxygens (including phenoxy) is 1. The zero-order chi connectivity index (χ0) is 18.8. The minimum atomic E-state index is -0.539. The van der Waals surface area contributed by atoms with Crippen LogP contribution in [-0.4, -0.2) is 41.8 Å². The maximum atomic E-state index is 12.6. The lowest BCUT2D eigenvalue weighted by molar-refractivity contribution is 0.0716. The van der Waals surface area contributed by atoms with Crippen LogP contribution in [0.1, 0.15) is 15.9 Å². The first kappa shape index (κ1) is 18.2. The Labute approximate surface area is 157 Å². The second kappa shape index (κ2) is 7.34. The Morgan fingerprint density at radius 1 is 1.23 bits per heavy atom. The second-order valence-electron chi connectivity index (χ2n) is 5.33. The molecule has 9 nitrogen and oxygen atoms in total. The highest BCUT2D eigenvalue weighted by molar-refractivity contribution is 7.98. The summed E-state index contributed by atoms with van der Waals surface area (Å²) in [6.07, 6.45) is 3.35. The number of esters is 1. The van der Waals surface area contributed by atoms with Crippen molar-refractivity contribution < 1.29 is 9.53 Å². The summed E-state index contributed by atoms with van der Waals surface area (Å²) in [5.74, 6) is -0.217. The summed E-state index contributed by atoms with van der Waals surface area (Å²) in [6, 6.07) is 4.78. The Hall–Kier alpha value is -2.59. The largest absolute Gasteiger partial charge is 0.404 e. The average Bonchev–Trinajstić information content (AvgIpc) is 3.16. The predicted molar refractivity (Wildman–Crippen MR) is 95.8 cm³/mol. The molecule has 2 heterocycles. The van der Waals surface area contributed by atoms with Crippen LogP contribution in [0.2, 0.25) is 5.02 Å². The molecule has 0 amide bonds. The molecule has 0 radical (unpaired) electrons. The van der Waals surface area contributed by atoms with Crippen LogP contribution in [0, 0.1) is 0 Å². The van der Waals surface area contributed by atoms with Crippen LogP contribution in [0.3, 0.4) is 0 Å². The molecule has 0 aliphatic heterocycles. The number of hydrogen-bond acceptors (Lipinski definition) is 7. The quantitative estimate of drug-likeness (QED) is 0.476. The van der Waals surface area contributed by atoms with E-state index in [1.165, 1.54) is 34.4 Å². The summed E-state index contributed by atoms with van der Waals surface area (Å²) in [4.78, 5) is 25.2. The first-order valence-electron chi connectivity index (χ1n) is 7.44. The molecule has 0 N–H and O–H groups in total. The van der Waals surface area contributed by atoms with E-state index in [4.69, 9.17) is 16.3 Å². The molecule has 0 bridgehead atoms. The summed E-state index contributed by atoms with van der Waals surface area (Å²) in [7, 11) is 3.18. The lowest BCUT2D eigenvalue weighted by atomic mass is 10.1. The molecule has 0 unspecified atom stereocenters. The Morgan fingerprint density at radius 2 is 2.00 bits per heavy atom. The van der Waals surface area contributed by atoms with E-state index < -0.39 is 5.97 Å². The number of hydrogen-bond donors (Lipinski definition) is 0. The zero-order valence-electron chi connectivity index (χ0n) is 14.2. The van der Waals surface area contributed by atoms with Crippen molar-refractivity contribution >= 4 is 29.3 Å². The second-order valence-corrected chi connectivity index (χ2v) is 6.56. The number of rotatable bonds is 5. The van der Waals surface area contributed by atoms with Crippen LogP contribution < -0.4 is 10.4 Å². The molecule has 0 aliphatic rings. The summed E-state index contributed by atoms with van der Waals surface area (Å²) in [5.41, 5.74) is 0.562. The third kappa shape index (κ3) is 3.37. The van der Waals surface area contributed by atoms with E-state index in [0.717, 1.165) is 4.68 Å². The molecule has 0 spiro atoms. The van der Waals surface area contributed by atoms with Crippen molar-refractivity contribution in [1.82, 2.24) is 29.6 Å². The van der Waals surface area contributed by atoms with Crippen molar-refractivity contribution in [2.45, 2.75) is 11.4 Å². The van der Waals surface area contributed by atoms with E-state index in [9.17, 15) is 9.59 Å². The van der Waals surface area contributed by atoms with Crippen molar-refractivity contribution in [3.8, 4) is 5.88 Å². The molecule has 1 aromatic carbocycles. The van der Waals surface area contributed by atoms with E-state index in [-0.39, 0.29) is 12.2 Å². The highest BCUT2D eigenvalue weighted by Gasteiger charge is 2.21. The molecular formula is C15H15ClN6O3S. The molecule has 136 valence electrons. The number of aromatic nitrogens is 6. The minimum Gasteiger partial charge on any atom is -0.404 e. The number of carbonyl (C=O) groups is 1. The van der Waals surface area contributed by atoms with Gasteiger partial charge >= 0.3 is 11.7 Å². The molecule has 26 heavy (non-hydrogen) atoms. The van der Waals surface area contributed by atoms with E-state index in [0.29, 0.717) is 26.9 Å². The van der Waals surface area contributed by atoms with Gasteiger partial charge in [-0.1, -0.05) is 11.6 Å². The Balaban J connectivity index is 1.99. The molecule has 0 atom stereocenters. The maximum absolute atomic E-state index is 12.6. The zero-order valence-corrected chi connectivity index (χ0v) is 15.8. The SMILES string of the molecule is CSc1c(C(=O)Oc2ccnn2C)ccc(Cl)c1Cn1nnn(C)c1=O. The van der Waals surface area contributed by atoms with Gasteiger partial charge in [-0.15, -0.1) is 11.8 Å². The van der Waals surface area contributed by atoms with Gasteiger partial charge in [-0.05, 0) is 28.8 Å². The molecule has 3 rings (SSSR count). The van der Waals surface area contributed by atoms with E-state index in [2.05, 4.69) is 15.5 Å².